The van der Waals surface area contributed by atoms with Gasteiger partial charge in [-0.2, -0.15) is 5.10 Å². The minimum Gasteiger partial charge on any atom is -0.366 e. The van der Waals surface area contributed by atoms with Crippen LogP contribution in [0, 0.1) is 5.82 Å². The molecule has 0 spiro atoms. The number of benzene rings is 1. The highest BCUT2D eigenvalue weighted by Crippen LogP contribution is 2.41. The molecule has 1 saturated heterocycles. The molecule has 178 valence electrons. The lowest BCUT2D eigenvalue weighted by atomic mass is 10.1. The lowest BCUT2D eigenvalue weighted by Crippen LogP contribution is -2.45. The Morgan fingerprint density at radius 2 is 2.06 bits per heavy atom. The van der Waals surface area contributed by atoms with Gasteiger partial charge < -0.3 is 19.7 Å². The maximum absolute atomic E-state index is 15.4. The molecule has 4 rings (SSSR count). The summed E-state index contributed by atoms with van der Waals surface area (Å²) in [6.45, 7) is 7.04. The van der Waals surface area contributed by atoms with Gasteiger partial charge in [0.25, 0.3) is 0 Å². The number of halogens is 1. The van der Waals surface area contributed by atoms with Crippen LogP contribution in [0.5, 0.6) is 0 Å². The van der Waals surface area contributed by atoms with Crippen molar-refractivity contribution in [2.24, 2.45) is 5.10 Å². The summed E-state index contributed by atoms with van der Waals surface area (Å²) in [6.07, 6.45) is 6.62. The summed E-state index contributed by atoms with van der Waals surface area (Å²) in [6, 6.07) is 1.40. The Morgan fingerprint density at radius 1 is 1.27 bits per heavy atom. The number of aryl methyl sites for hydroxylation is 1. The normalized spacial score (nSPS) is 16.5. The zero-order chi connectivity index (χ0) is 23.4. The molecule has 1 fully saturated rings. The maximum atomic E-state index is 15.4. The summed E-state index contributed by atoms with van der Waals surface area (Å²) in [5, 5.41) is 8.06. The highest BCUT2D eigenvalue weighted by atomic mass is 32.2. The van der Waals surface area contributed by atoms with Gasteiger partial charge in [-0.05, 0) is 31.8 Å². The van der Waals surface area contributed by atoms with Crippen LogP contribution < -0.4 is 21.1 Å². The Kier molecular flexibility index (Phi) is 7.87. The molecule has 2 aromatic rings. The molecule has 3 heterocycles. The topological polar surface area (TPSA) is 64.9 Å². The van der Waals surface area contributed by atoms with Crippen LogP contribution in [0.4, 0.5) is 10.1 Å². The number of thiocarbonyl (C=S) groups is 1. The summed E-state index contributed by atoms with van der Waals surface area (Å²) < 4.78 is 17.4. The van der Waals surface area contributed by atoms with E-state index in [9.17, 15) is 4.79 Å². The zero-order valence-corrected chi connectivity index (χ0v) is 20.8. The number of nitrogens with zero attached hydrogens (tertiary/aromatic N) is 4. The smallest absolute Gasteiger partial charge is 0.198 e. The van der Waals surface area contributed by atoms with Crippen LogP contribution in [0.3, 0.4) is 0 Å². The van der Waals surface area contributed by atoms with E-state index in [2.05, 4.69) is 44.2 Å². The van der Waals surface area contributed by atoms with Crippen molar-refractivity contribution >= 4 is 51.9 Å². The first kappa shape index (κ1) is 24.0. The Balaban J connectivity index is 1.60. The van der Waals surface area contributed by atoms with Gasteiger partial charge in [0.15, 0.2) is 10.5 Å². The van der Waals surface area contributed by atoms with E-state index in [0.29, 0.717) is 21.7 Å². The van der Waals surface area contributed by atoms with Crippen LogP contribution in [0.15, 0.2) is 27.1 Å². The SMILES string of the molecule is CCCCCNC(=S)N/N=C/c1cn2c3c(c(N4CCN(C)CC4)c(F)cc3c1=O)SCC2. The number of piperazine rings is 1. The Bertz CT molecular complexity index is 1110. The van der Waals surface area contributed by atoms with Crippen LogP contribution in [-0.4, -0.2) is 66.3 Å². The molecule has 0 aliphatic carbocycles. The fraction of sp³-hybridized carbons (Fsp3) is 0.522. The summed E-state index contributed by atoms with van der Waals surface area (Å²) >= 11 is 6.86. The molecule has 0 bridgehead atoms. The Labute approximate surface area is 203 Å². The number of rotatable bonds is 7. The number of anilines is 1. The molecule has 0 saturated carbocycles. The van der Waals surface area contributed by atoms with Gasteiger partial charge >= 0.3 is 0 Å². The first-order chi connectivity index (χ1) is 16.0. The lowest BCUT2D eigenvalue weighted by Gasteiger charge is -2.36. The first-order valence-electron chi connectivity index (χ1n) is 11.5. The number of aromatic nitrogens is 1. The second-order valence-corrected chi connectivity index (χ2v) is 10.0. The van der Waals surface area contributed by atoms with Gasteiger partial charge in [-0.3, -0.25) is 10.2 Å². The van der Waals surface area contributed by atoms with Gasteiger partial charge in [-0.1, -0.05) is 19.8 Å². The number of nitrogens with one attached hydrogen (secondary N) is 2. The van der Waals surface area contributed by atoms with E-state index < -0.39 is 0 Å². The maximum Gasteiger partial charge on any atom is 0.198 e. The molecule has 2 N–H and O–H groups in total. The predicted molar refractivity (Wildman–Crippen MR) is 139 cm³/mol. The van der Waals surface area contributed by atoms with Gasteiger partial charge in [0.2, 0.25) is 0 Å². The molecule has 0 atom stereocenters. The monoisotopic (exact) mass is 490 g/mol. The molecule has 0 amide bonds. The summed E-state index contributed by atoms with van der Waals surface area (Å²) in [7, 11) is 2.08. The van der Waals surface area contributed by atoms with Crippen molar-refractivity contribution in [3.05, 3.63) is 33.9 Å². The van der Waals surface area contributed by atoms with Gasteiger partial charge in [-0.25, -0.2) is 4.39 Å². The standard InChI is InChI=1S/C23H31FN6OS2/c1-3-4-5-6-25-23(32)27-26-14-16-15-30-11-12-33-22-19(30)17(21(16)31)13-18(24)20(22)29-9-7-28(2)8-10-29/h13-15H,3-12H2,1-2H3,(H2,25,27,32)/b26-14+. The van der Waals surface area contributed by atoms with E-state index in [0.717, 1.165) is 74.7 Å². The number of hydrogen-bond acceptors (Lipinski definition) is 6. The average Bonchev–Trinajstić information content (AvgIpc) is 2.80. The van der Waals surface area contributed by atoms with Gasteiger partial charge in [0.1, 0.15) is 5.82 Å². The second-order valence-electron chi connectivity index (χ2n) is 8.51. The molecule has 0 unspecified atom stereocenters. The second kappa shape index (κ2) is 10.8. The Hall–Kier alpha value is -2.17. The summed E-state index contributed by atoms with van der Waals surface area (Å²) in [5.41, 5.74) is 4.41. The van der Waals surface area contributed by atoms with Crippen LogP contribution in [0.1, 0.15) is 31.7 Å². The molecule has 1 aromatic heterocycles. The third kappa shape index (κ3) is 5.33. The minimum absolute atomic E-state index is 0.221. The molecule has 2 aliphatic heterocycles. The molecule has 10 heteroatoms. The van der Waals surface area contributed by atoms with Crippen LogP contribution in [0.25, 0.3) is 10.9 Å². The average molecular weight is 491 g/mol. The molecule has 7 nitrogen and oxygen atoms in total. The van der Waals surface area contributed by atoms with E-state index in [4.69, 9.17) is 12.2 Å². The van der Waals surface area contributed by atoms with Crippen LogP contribution in [0.2, 0.25) is 0 Å². The van der Waals surface area contributed by atoms with Crippen molar-refractivity contribution in [3.8, 4) is 0 Å². The number of thioether (sulfide) groups is 1. The quantitative estimate of drug-likeness (QED) is 0.268. The first-order valence-corrected chi connectivity index (χ1v) is 12.9. The lowest BCUT2D eigenvalue weighted by molar-refractivity contribution is 0.311. The highest BCUT2D eigenvalue weighted by Gasteiger charge is 2.27. The molecule has 0 radical (unpaired) electrons. The minimum atomic E-state index is -0.329. The van der Waals surface area contributed by atoms with Crippen LogP contribution >= 0.6 is 24.0 Å². The van der Waals surface area contributed by atoms with Gasteiger partial charge in [0, 0.05) is 51.2 Å². The molecule has 1 aromatic carbocycles. The van der Waals surface area contributed by atoms with E-state index in [1.165, 1.54) is 12.3 Å². The third-order valence-electron chi connectivity index (χ3n) is 6.11. The van der Waals surface area contributed by atoms with Crippen molar-refractivity contribution in [3.63, 3.8) is 0 Å². The summed E-state index contributed by atoms with van der Waals surface area (Å²) in [5.74, 6) is 0.500. The third-order valence-corrected chi connectivity index (χ3v) is 7.40. The van der Waals surface area contributed by atoms with E-state index in [1.54, 1.807) is 11.8 Å². The van der Waals surface area contributed by atoms with E-state index in [1.807, 2.05) is 6.20 Å². The van der Waals surface area contributed by atoms with E-state index in [-0.39, 0.29) is 11.2 Å². The molecule has 33 heavy (non-hydrogen) atoms. The van der Waals surface area contributed by atoms with E-state index >= 15 is 4.39 Å². The van der Waals surface area contributed by atoms with Gasteiger partial charge in [0.05, 0.1) is 33.3 Å². The van der Waals surface area contributed by atoms with Crippen molar-refractivity contribution in [2.45, 2.75) is 37.6 Å². The molecular weight excluding hydrogens is 459 g/mol. The van der Waals surface area contributed by atoms with Crippen molar-refractivity contribution in [1.82, 2.24) is 20.2 Å². The van der Waals surface area contributed by atoms with Crippen molar-refractivity contribution in [2.75, 3.05) is 50.4 Å². The predicted octanol–water partition coefficient (Wildman–Crippen LogP) is 2.99. The summed E-state index contributed by atoms with van der Waals surface area (Å²) in [4.78, 5) is 18.4. The fourth-order valence-corrected chi connectivity index (χ4v) is 5.64. The Morgan fingerprint density at radius 3 is 2.82 bits per heavy atom. The number of unbranched alkanes of at least 4 members (excludes halogenated alkanes) is 2. The number of hydrazone groups is 1. The number of pyridine rings is 1. The largest absolute Gasteiger partial charge is 0.366 e. The van der Waals surface area contributed by atoms with Gasteiger partial charge in [-0.15, -0.1) is 11.8 Å². The fourth-order valence-electron chi connectivity index (χ4n) is 4.26. The van der Waals surface area contributed by atoms with Crippen molar-refractivity contribution in [1.29, 1.82) is 0 Å². The highest BCUT2D eigenvalue weighted by molar-refractivity contribution is 7.99. The van der Waals surface area contributed by atoms with Crippen molar-refractivity contribution < 1.29 is 4.39 Å². The van der Waals surface area contributed by atoms with Crippen LogP contribution in [-0.2, 0) is 6.54 Å². The number of likely N-dealkylation sites (N-methyl/N-ethyl adjacent to an activating group) is 1. The molecule has 2 aliphatic rings. The number of hydrogen-bond donors (Lipinski definition) is 2. The molecular formula is C23H31FN6OS2. The zero-order valence-electron chi connectivity index (χ0n) is 19.2.